The number of anilines is 2. The van der Waals surface area contributed by atoms with Crippen molar-refractivity contribution in [2.24, 2.45) is 0 Å². The fourth-order valence-electron chi connectivity index (χ4n) is 2.57. The molecule has 0 aliphatic heterocycles. The van der Waals surface area contributed by atoms with Crippen molar-refractivity contribution in [2.45, 2.75) is 16.7 Å². The Kier molecular flexibility index (Phi) is 5.99. The van der Waals surface area contributed by atoms with Gasteiger partial charge in [0.2, 0.25) is 0 Å². The zero-order valence-corrected chi connectivity index (χ0v) is 17.7. The Hall–Kier alpha value is -3.11. The predicted molar refractivity (Wildman–Crippen MR) is 112 cm³/mol. The van der Waals surface area contributed by atoms with Gasteiger partial charge in [-0.2, -0.15) is 0 Å². The van der Waals surface area contributed by atoms with Gasteiger partial charge >= 0.3 is 0 Å². The van der Waals surface area contributed by atoms with E-state index in [9.17, 15) is 21.2 Å². The van der Waals surface area contributed by atoms with E-state index in [-0.39, 0.29) is 15.5 Å². The van der Waals surface area contributed by atoms with Gasteiger partial charge in [0.25, 0.3) is 20.0 Å². The minimum Gasteiger partial charge on any atom is -0.497 e. The second-order valence-electron chi connectivity index (χ2n) is 6.37. The molecule has 0 unspecified atom stereocenters. The second kappa shape index (κ2) is 8.33. The summed E-state index contributed by atoms with van der Waals surface area (Å²) in [5.74, 6) is 0.00796. The molecule has 0 fully saturated rings. The van der Waals surface area contributed by atoms with E-state index in [0.29, 0.717) is 17.0 Å². The van der Waals surface area contributed by atoms with Crippen molar-refractivity contribution >= 4 is 31.4 Å². The molecule has 0 aliphatic carbocycles. The molecule has 3 aromatic carbocycles. The lowest BCUT2D eigenvalue weighted by atomic mass is 10.2. The normalized spacial score (nSPS) is 11.7. The molecule has 0 saturated heterocycles. The summed E-state index contributed by atoms with van der Waals surface area (Å²) in [6.45, 7) is 1.63. The molecule has 158 valence electrons. The van der Waals surface area contributed by atoms with Crippen LogP contribution < -0.4 is 14.2 Å². The maximum atomic E-state index is 13.1. The molecule has 7 nitrogen and oxygen atoms in total. The molecule has 0 amide bonds. The quantitative estimate of drug-likeness (QED) is 0.571. The monoisotopic (exact) mass is 450 g/mol. The summed E-state index contributed by atoms with van der Waals surface area (Å²) in [6, 6.07) is 14.7. The number of halogens is 1. The summed E-state index contributed by atoms with van der Waals surface area (Å²) >= 11 is 0. The lowest BCUT2D eigenvalue weighted by Crippen LogP contribution is -2.16. The van der Waals surface area contributed by atoms with Gasteiger partial charge in [-0.1, -0.05) is 6.07 Å². The van der Waals surface area contributed by atoms with Crippen LogP contribution >= 0.6 is 0 Å². The van der Waals surface area contributed by atoms with Gasteiger partial charge in [-0.3, -0.25) is 9.44 Å². The van der Waals surface area contributed by atoms with Crippen LogP contribution in [-0.2, 0) is 20.0 Å². The van der Waals surface area contributed by atoms with Crippen LogP contribution in [0.15, 0.2) is 76.5 Å². The molecule has 0 atom stereocenters. The van der Waals surface area contributed by atoms with Gasteiger partial charge in [-0.15, -0.1) is 0 Å². The van der Waals surface area contributed by atoms with Crippen LogP contribution in [0.5, 0.6) is 5.75 Å². The van der Waals surface area contributed by atoms with Crippen LogP contribution in [0.1, 0.15) is 5.56 Å². The Balaban J connectivity index is 1.89. The van der Waals surface area contributed by atoms with E-state index in [4.69, 9.17) is 4.74 Å². The van der Waals surface area contributed by atoms with E-state index in [1.807, 2.05) is 0 Å². The van der Waals surface area contributed by atoms with Crippen molar-refractivity contribution in [3.05, 3.63) is 78.1 Å². The first-order chi connectivity index (χ1) is 14.1. The van der Waals surface area contributed by atoms with Crippen LogP contribution in [0.3, 0.4) is 0 Å². The van der Waals surface area contributed by atoms with E-state index in [0.717, 1.165) is 24.3 Å². The minimum atomic E-state index is -4.03. The Bertz CT molecular complexity index is 1260. The average molecular weight is 451 g/mol. The zero-order chi connectivity index (χ0) is 21.9. The molecule has 0 spiro atoms. The van der Waals surface area contributed by atoms with Gasteiger partial charge < -0.3 is 4.74 Å². The van der Waals surface area contributed by atoms with Gasteiger partial charge in [-0.25, -0.2) is 21.2 Å². The van der Waals surface area contributed by atoms with E-state index in [1.165, 1.54) is 25.3 Å². The molecular formula is C20H19FN2O5S2. The Morgan fingerprint density at radius 2 is 1.33 bits per heavy atom. The second-order valence-corrected chi connectivity index (χ2v) is 9.73. The van der Waals surface area contributed by atoms with E-state index >= 15 is 0 Å². The highest BCUT2D eigenvalue weighted by atomic mass is 32.2. The third-order valence-electron chi connectivity index (χ3n) is 4.23. The summed E-state index contributed by atoms with van der Waals surface area (Å²) in [5.41, 5.74) is 0.936. The lowest BCUT2D eigenvalue weighted by molar-refractivity contribution is 0.415. The number of benzene rings is 3. The van der Waals surface area contributed by atoms with Gasteiger partial charge in [0.05, 0.1) is 22.6 Å². The molecule has 2 N–H and O–H groups in total. The molecule has 3 rings (SSSR count). The van der Waals surface area contributed by atoms with Crippen molar-refractivity contribution in [3.63, 3.8) is 0 Å². The number of hydrogen-bond acceptors (Lipinski definition) is 5. The maximum absolute atomic E-state index is 13.1. The summed E-state index contributed by atoms with van der Waals surface area (Å²) in [5, 5.41) is 0. The SMILES string of the molecule is COc1ccc(NS(=O)(=O)c2ccc(C)c(NS(=O)(=O)c3ccc(F)cc3)c2)cc1. The molecule has 0 radical (unpaired) electrons. The summed E-state index contributed by atoms with van der Waals surface area (Å²) < 4.78 is 73.5. The number of sulfonamides is 2. The number of hydrogen-bond donors (Lipinski definition) is 2. The summed E-state index contributed by atoms with van der Waals surface area (Å²) in [6.07, 6.45) is 0. The highest BCUT2D eigenvalue weighted by Crippen LogP contribution is 2.25. The number of ether oxygens (including phenoxy) is 1. The highest BCUT2D eigenvalue weighted by molar-refractivity contribution is 7.93. The molecule has 10 heteroatoms. The molecule has 0 saturated carbocycles. The molecular weight excluding hydrogens is 431 g/mol. The first-order valence-corrected chi connectivity index (χ1v) is 11.6. The van der Waals surface area contributed by atoms with E-state index in [1.54, 1.807) is 31.2 Å². The lowest BCUT2D eigenvalue weighted by Gasteiger charge is -2.14. The molecule has 3 aromatic rings. The fourth-order valence-corrected chi connectivity index (χ4v) is 4.77. The van der Waals surface area contributed by atoms with Crippen molar-refractivity contribution in [1.29, 1.82) is 0 Å². The maximum Gasteiger partial charge on any atom is 0.261 e. The van der Waals surface area contributed by atoms with Crippen LogP contribution in [-0.4, -0.2) is 23.9 Å². The van der Waals surface area contributed by atoms with Crippen LogP contribution in [0.4, 0.5) is 15.8 Å². The van der Waals surface area contributed by atoms with Gasteiger partial charge in [0.1, 0.15) is 11.6 Å². The van der Waals surface area contributed by atoms with Gasteiger partial charge in [0.15, 0.2) is 0 Å². The number of aryl methyl sites for hydroxylation is 1. The fraction of sp³-hybridized carbons (Fsp3) is 0.100. The average Bonchev–Trinajstić information content (AvgIpc) is 2.70. The van der Waals surface area contributed by atoms with Gasteiger partial charge in [0, 0.05) is 5.69 Å². The van der Waals surface area contributed by atoms with Gasteiger partial charge in [-0.05, 0) is 73.2 Å². The first-order valence-electron chi connectivity index (χ1n) is 8.67. The minimum absolute atomic E-state index is 0.0944. The number of nitrogens with one attached hydrogen (secondary N) is 2. The van der Waals surface area contributed by atoms with Crippen LogP contribution in [0, 0.1) is 12.7 Å². The van der Waals surface area contributed by atoms with Crippen molar-refractivity contribution in [3.8, 4) is 5.75 Å². The molecule has 30 heavy (non-hydrogen) atoms. The molecule has 0 aliphatic rings. The topological polar surface area (TPSA) is 102 Å². The highest BCUT2D eigenvalue weighted by Gasteiger charge is 2.19. The zero-order valence-electron chi connectivity index (χ0n) is 16.1. The Morgan fingerprint density at radius 1 is 0.767 bits per heavy atom. The third kappa shape index (κ3) is 4.89. The Labute approximate surface area is 174 Å². The van der Waals surface area contributed by atoms with Crippen LogP contribution in [0.25, 0.3) is 0 Å². The number of rotatable bonds is 7. The largest absolute Gasteiger partial charge is 0.497 e. The first kappa shape index (κ1) is 21.6. The molecule has 0 bridgehead atoms. The smallest absolute Gasteiger partial charge is 0.261 e. The van der Waals surface area contributed by atoms with Crippen molar-refractivity contribution in [1.82, 2.24) is 0 Å². The summed E-state index contributed by atoms with van der Waals surface area (Å²) in [4.78, 5) is -0.270. The molecule has 0 heterocycles. The predicted octanol–water partition coefficient (Wildman–Crippen LogP) is 3.74. The van der Waals surface area contributed by atoms with Crippen molar-refractivity contribution in [2.75, 3.05) is 16.6 Å². The van der Waals surface area contributed by atoms with Crippen LogP contribution in [0.2, 0.25) is 0 Å². The molecule has 0 aromatic heterocycles. The van der Waals surface area contributed by atoms with E-state index in [2.05, 4.69) is 9.44 Å². The Morgan fingerprint density at radius 3 is 1.93 bits per heavy atom. The standard InChI is InChI=1S/C20H19FN2O5S2/c1-14-3-10-19(30(26,27)22-16-6-8-17(28-2)9-7-16)13-20(14)23-29(24,25)18-11-4-15(21)5-12-18/h3-13,22-23H,1-2H3. The number of methoxy groups -OCH3 is 1. The van der Waals surface area contributed by atoms with E-state index < -0.39 is 25.9 Å². The van der Waals surface area contributed by atoms with Crippen molar-refractivity contribution < 1.29 is 26.0 Å². The third-order valence-corrected chi connectivity index (χ3v) is 6.99. The summed E-state index contributed by atoms with van der Waals surface area (Å²) in [7, 11) is -6.50.